The molecule has 0 aliphatic carbocycles. The summed E-state index contributed by atoms with van der Waals surface area (Å²) in [7, 11) is 0. The fourth-order valence-corrected chi connectivity index (χ4v) is 2.43. The van der Waals surface area contributed by atoms with Gasteiger partial charge in [0.1, 0.15) is 11.6 Å². The van der Waals surface area contributed by atoms with Crippen molar-refractivity contribution >= 4 is 0 Å². The predicted molar refractivity (Wildman–Crippen MR) is 76.5 cm³/mol. The van der Waals surface area contributed by atoms with Gasteiger partial charge in [-0.3, -0.25) is 0 Å². The molecule has 0 saturated carbocycles. The molecule has 1 N–H and O–H groups in total. The number of imidazole rings is 1. The average molecular weight is 260 g/mol. The fraction of sp³-hybridized carbons (Fsp3) is 0.438. The van der Waals surface area contributed by atoms with Crippen molar-refractivity contribution in [3.8, 4) is 11.3 Å². The molecule has 2 aromatic rings. The van der Waals surface area contributed by atoms with Crippen LogP contribution in [0.1, 0.15) is 51.3 Å². The van der Waals surface area contributed by atoms with E-state index in [1.165, 1.54) is 12.1 Å². The summed E-state index contributed by atoms with van der Waals surface area (Å²) in [6, 6.07) is 6.51. The van der Waals surface area contributed by atoms with E-state index in [2.05, 4.69) is 23.8 Å². The molecule has 102 valence electrons. The van der Waals surface area contributed by atoms with Gasteiger partial charge in [0.15, 0.2) is 0 Å². The summed E-state index contributed by atoms with van der Waals surface area (Å²) < 4.78 is 12.9. The molecule has 1 aromatic carbocycles. The number of rotatable bonds is 6. The van der Waals surface area contributed by atoms with Crippen LogP contribution in [0.3, 0.4) is 0 Å². The normalized spacial score (nSPS) is 11.2. The number of benzene rings is 1. The minimum Gasteiger partial charge on any atom is -0.342 e. The Balaban J connectivity index is 2.19. The first-order valence-corrected chi connectivity index (χ1v) is 7.05. The molecule has 0 spiro atoms. The number of aromatic nitrogens is 2. The Morgan fingerprint density at radius 1 is 1.11 bits per heavy atom. The third-order valence-electron chi connectivity index (χ3n) is 3.41. The Hall–Kier alpha value is -1.64. The Morgan fingerprint density at radius 2 is 1.74 bits per heavy atom. The lowest BCUT2D eigenvalue weighted by Crippen LogP contribution is -2.00. The zero-order valence-electron chi connectivity index (χ0n) is 11.6. The summed E-state index contributed by atoms with van der Waals surface area (Å²) in [4.78, 5) is 7.89. The first-order chi connectivity index (χ1) is 9.24. The summed E-state index contributed by atoms with van der Waals surface area (Å²) in [5, 5.41) is 0. The van der Waals surface area contributed by atoms with Gasteiger partial charge in [0.25, 0.3) is 0 Å². The van der Waals surface area contributed by atoms with Crippen LogP contribution in [0.4, 0.5) is 4.39 Å². The number of H-pyrrole nitrogens is 1. The standard InChI is InChI=1S/C16H21FN2/c1-3-5-13(6-4-2)16-18-11-15(19-16)12-7-9-14(17)10-8-12/h7-11,13H,3-6H2,1-2H3,(H,18,19). The number of aromatic amines is 1. The van der Waals surface area contributed by atoms with Crippen molar-refractivity contribution in [3.05, 3.63) is 42.1 Å². The van der Waals surface area contributed by atoms with E-state index in [0.29, 0.717) is 5.92 Å². The van der Waals surface area contributed by atoms with Crippen LogP contribution in [0.25, 0.3) is 11.3 Å². The van der Waals surface area contributed by atoms with Gasteiger partial charge in [-0.15, -0.1) is 0 Å². The predicted octanol–water partition coefficient (Wildman–Crippen LogP) is 4.90. The third kappa shape index (κ3) is 3.43. The van der Waals surface area contributed by atoms with E-state index in [0.717, 1.165) is 42.8 Å². The minimum atomic E-state index is -0.210. The lowest BCUT2D eigenvalue weighted by Gasteiger charge is -2.11. The molecule has 0 fully saturated rings. The van der Waals surface area contributed by atoms with Crippen molar-refractivity contribution in [2.24, 2.45) is 0 Å². The fourth-order valence-electron chi connectivity index (χ4n) is 2.43. The van der Waals surface area contributed by atoms with Crippen molar-refractivity contribution in [3.63, 3.8) is 0 Å². The summed E-state index contributed by atoms with van der Waals surface area (Å²) in [6.45, 7) is 4.40. The van der Waals surface area contributed by atoms with Crippen LogP contribution in [-0.4, -0.2) is 9.97 Å². The van der Waals surface area contributed by atoms with Crippen molar-refractivity contribution in [1.29, 1.82) is 0 Å². The molecule has 0 atom stereocenters. The van der Waals surface area contributed by atoms with Crippen LogP contribution in [0.5, 0.6) is 0 Å². The molecule has 0 radical (unpaired) electrons. The number of hydrogen-bond acceptors (Lipinski definition) is 1. The molecule has 2 rings (SSSR count). The monoisotopic (exact) mass is 260 g/mol. The number of nitrogens with zero attached hydrogens (tertiary/aromatic N) is 1. The van der Waals surface area contributed by atoms with Gasteiger partial charge in [0.2, 0.25) is 0 Å². The number of nitrogens with one attached hydrogen (secondary N) is 1. The minimum absolute atomic E-state index is 0.210. The summed E-state index contributed by atoms with van der Waals surface area (Å²) in [6.07, 6.45) is 6.49. The van der Waals surface area contributed by atoms with Crippen LogP contribution in [0.15, 0.2) is 30.5 Å². The molecule has 0 aliphatic rings. The highest BCUT2D eigenvalue weighted by molar-refractivity contribution is 5.58. The van der Waals surface area contributed by atoms with E-state index >= 15 is 0 Å². The lowest BCUT2D eigenvalue weighted by molar-refractivity contribution is 0.538. The largest absolute Gasteiger partial charge is 0.342 e. The molecule has 0 amide bonds. The molecule has 1 heterocycles. The maximum Gasteiger partial charge on any atom is 0.123 e. The van der Waals surface area contributed by atoms with Gasteiger partial charge < -0.3 is 4.98 Å². The van der Waals surface area contributed by atoms with Gasteiger partial charge in [-0.2, -0.15) is 0 Å². The molecule has 19 heavy (non-hydrogen) atoms. The zero-order chi connectivity index (χ0) is 13.7. The molecule has 2 nitrogen and oxygen atoms in total. The maximum atomic E-state index is 12.9. The molecule has 0 aliphatic heterocycles. The average Bonchev–Trinajstić information content (AvgIpc) is 2.89. The van der Waals surface area contributed by atoms with E-state index < -0.39 is 0 Å². The Bertz CT molecular complexity index is 496. The SMILES string of the molecule is CCCC(CCC)c1ncc(-c2ccc(F)cc2)[nH]1. The van der Waals surface area contributed by atoms with E-state index in [-0.39, 0.29) is 5.82 Å². The van der Waals surface area contributed by atoms with Crippen LogP contribution >= 0.6 is 0 Å². The highest BCUT2D eigenvalue weighted by Gasteiger charge is 2.13. The Morgan fingerprint density at radius 3 is 2.32 bits per heavy atom. The lowest BCUT2D eigenvalue weighted by atomic mass is 9.98. The molecule has 0 unspecified atom stereocenters. The summed E-state index contributed by atoms with van der Waals surface area (Å²) in [5.41, 5.74) is 1.94. The van der Waals surface area contributed by atoms with E-state index in [4.69, 9.17) is 0 Å². The summed E-state index contributed by atoms with van der Waals surface area (Å²) >= 11 is 0. The van der Waals surface area contributed by atoms with Gasteiger partial charge in [0, 0.05) is 5.92 Å². The first-order valence-electron chi connectivity index (χ1n) is 7.05. The van der Waals surface area contributed by atoms with Crippen LogP contribution in [-0.2, 0) is 0 Å². The Kier molecular flexibility index (Phi) is 4.72. The molecule has 3 heteroatoms. The van der Waals surface area contributed by atoms with Gasteiger partial charge in [-0.05, 0) is 42.7 Å². The van der Waals surface area contributed by atoms with Crippen molar-refractivity contribution in [1.82, 2.24) is 9.97 Å². The van der Waals surface area contributed by atoms with E-state index in [9.17, 15) is 4.39 Å². The highest BCUT2D eigenvalue weighted by Crippen LogP contribution is 2.26. The second-order valence-corrected chi connectivity index (χ2v) is 4.96. The van der Waals surface area contributed by atoms with Gasteiger partial charge in [0.05, 0.1) is 11.9 Å². The van der Waals surface area contributed by atoms with Gasteiger partial charge >= 0.3 is 0 Å². The van der Waals surface area contributed by atoms with Gasteiger partial charge in [-0.1, -0.05) is 26.7 Å². The van der Waals surface area contributed by atoms with Crippen LogP contribution in [0, 0.1) is 5.82 Å². The zero-order valence-corrected chi connectivity index (χ0v) is 11.6. The van der Waals surface area contributed by atoms with Crippen LogP contribution in [0.2, 0.25) is 0 Å². The molecule has 0 saturated heterocycles. The first kappa shape index (κ1) is 13.8. The third-order valence-corrected chi connectivity index (χ3v) is 3.41. The molecule has 1 aromatic heterocycles. The Labute approximate surface area is 114 Å². The van der Waals surface area contributed by atoms with Crippen molar-refractivity contribution in [2.75, 3.05) is 0 Å². The highest BCUT2D eigenvalue weighted by atomic mass is 19.1. The van der Waals surface area contributed by atoms with E-state index in [1.54, 1.807) is 12.1 Å². The number of hydrogen-bond donors (Lipinski definition) is 1. The number of halogens is 1. The molecular formula is C16H21FN2. The van der Waals surface area contributed by atoms with Crippen molar-refractivity contribution in [2.45, 2.75) is 45.4 Å². The second kappa shape index (κ2) is 6.50. The van der Waals surface area contributed by atoms with Crippen molar-refractivity contribution < 1.29 is 4.39 Å². The molecule has 0 bridgehead atoms. The van der Waals surface area contributed by atoms with Crippen LogP contribution < -0.4 is 0 Å². The molecular weight excluding hydrogens is 239 g/mol. The topological polar surface area (TPSA) is 28.7 Å². The van der Waals surface area contributed by atoms with E-state index in [1.807, 2.05) is 6.20 Å². The second-order valence-electron chi connectivity index (χ2n) is 4.96. The quantitative estimate of drug-likeness (QED) is 0.786. The maximum absolute atomic E-state index is 12.9. The smallest absolute Gasteiger partial charge is 0.123 e. The van der Waals surface area contributed by atoms with Gasteiger partial charge in [-0.25, -0.2) is 9.37 Å². The summed E-state index contributed by atoms with van der Waals surface area (Å²) in [5.74, 6) is 1.35.